The molecule has 2 aromatic rings. The third-order valence-corrected chi connectivity index (χ3v) is 5.81. The summed E-state index contributed by atoms with van der Waals surface area (Å²) in [4.78, 5) is 7.97. The van der Waals surface area contributed by atoms with Crippen molar-refractivity contribution in [3.8, 4) is 10.7 Å². The number of likely N-dealkylation sites (tertiary alicyclic amines) is 1. The molecule has 120 valence electrons. The summed E-state index contributed by atoms with van der Waals surface area (Å²) in [5.41, 5.74) is 0. The monoisotopic (exact) mass is 384 g/mol. The number of nitrogens with zero attached hydrogens (tertiary/aromatic N) is 3. The summed E-state index contributed by atoms with van der Waals surface area (Å²) in [6.45, 7) is 4.12. The number of nitrogens with one attached hydrogen (secondary N) is 1. The van der Waals surface area contributed by atoms with E-state index < -0.39 is 0 Å². The van der Waals surface area contributed by atoms with Gasteiger partial charge in [-0.2, -0.15) is 4.98 Å². The van der Waals surface area contributed by atoms with Crippen LogP contribution < -0.4 is 5.32 Å². The summed E-state index contributed by atoms with van der Waals surface area (Å²) in [6.07, 6.45) is 3.81. The SMILES string of the molecule is CNCCC1CCN(Cc2nc(-c3cc(Br)cs3)no2)CC1. The van der Waals surface area contributed by atoms with Gasteiger partial charge in [-0.15, -0.1) is 11.3 Å². The van der Waals surface area contributed by atoms with Gasteiger partial charge in [0.05, 0.1) is 11.4 Å². The fourth-order valence-corrected chi connectivity index (χ4v) is 4.17. The number of hydrogen-bond acceptors (Lipinski definition) is 6. The van der Waals surface area contributed by atoms with Crippen LogP contribution in [0.4, 0.5) is 0 Å². The highest BCUT2D eigenvalue weighted by Gasteiger charge is 2.21. The van der Waals surface area contributed by atoms with Gasteiger partial charge in [0.2, 0.25) is 11.7 Å². The van der Waals surface area contributed by atoms with Crippen molar-refractivity contribution in [3.05, 3.63) is 21.8 Å². The summed E-state index contributed by atoms with van der Waals surface area (Å²) >= 11 is 5.07. The molecule has 0 saturated carbocycles. The Bertz CT molecular complexity index is 592. The van der Waals surface area contributed by atoms with E-state index in [1.807, 2.05) is 18.5 Å². The Morgan fingerprint density at radius 3 is 2.95 bits per heavy atom. The maximum atomic E-state index is 5.40. The van der Waals surface area contributed by atoms with Gasteiger partial charge in [-0.05, 0) is 73.9 Å². The molecule has 1 N–H and O–H groups in total. The first kappa shape index (κ1) is 16.1. The second-order valence-corrected chi connectivity index (χ2v) is 7.58. The molecule has 0 radical (unpaired) electrons. The molecular formula is C15H21BrN4OS. The molecule has 0 aliphatic carbocycles. The van der Waals surface area contributed by atoms with Gasteiger partial charge in [0.25, 0.3) is 0 Å². The van der Waals surface area contributed by atoms with Crippen LogP contribution in [-0.2, 0) is 6.54 Å². The molecular weight excluding hydrogens is 364 g/mol. The Balaban J connectivity index is 1.51. The molecule has 0 atom stereocenters. The largest absolute Gasteiger partial charge is 0.338 e. The van der Waals surface area contributed by atoms with Crippen molar-refractivity contribution in [2.24, 2.45) is 5.92 Å². The molecule has 0 amide bonds. The topological polar surface area (TPSA) is 54.2 Å². The first-order chi connectivity index (χ1) is 10.7. The first-order valence-corrected chi connectivity index (χ1v) is 9.36. The van der Waals surface area contributed by atoms with E-state index >= 15 is 0 Å². The lowest BCUT2D eigenvalue weighted by Crippen LogP contribution is -2.34. The summed E-state index contributed by atoms with van der Waals surface area (Å²) in [5.74, 6) is 2.26. The Kier molecular flexibility index (Phi) is 5.62. The molecule has 2 aromatic heterocycles. The molecule has 0 aromatic carbocycles. The predicted molar refractivity (Wildman–Crippen MR) is 91.9 cm³/mol. The zero-order chi connectivity index (χ0) is 15.4. The molecule has 0 unspecified atom stereocenters. The summed E-state index contributed by atoms with van der Waals surface area (Å²) in [6, 6.07) is 2.02. The molecule has 5 nitrogen and oxygen atoms in total. The quantitative estimate of drug-likeness (QED) is 0.826. The van der Waals surface area contributed by atoms with Crippen LogP contribution in [0, 0.1) is 5.92 Å². The Morgan fingerprint density at radius 2 is 2.27 bits per heavy atom. The lowest BCUT2D eigenvalue weighted by atomic mass is 9.93. The van der Waals surface area contributed by atoms with Crippen LogP contribution in [0.3, 0.4) is 0 Å². The summed E-state index contributed by atoms with van der Waals surface area (Å²) in [7, 11) is 2.02. The Labute approximate surface area is 143 Å². The van der Waals surface area contributed by atoms with E-state index in [2.05, 4.69) is 36.3 Å². The van der Waals surface area contributed by atoms with Gasteiger partial charge in [0.1, 0.15) is 0 Å². The summed E-state index contributed by atoms with van der Waals surface area (Å²) < 4.78 is 6.46. The Hall–Kier alpha value is -0.760. The van der Waals surface area contributed by atoms with Crippen LogP contribution in [0.25, 0.3) is 10.7 Å². The standard InChI is InChI=1S/C15H21BrN4OS/c1-17-5-2-11-3-6-20(7-4-11)9-14-18-15(19-21-14)13-8-12(16)10-22-13/h8,10-11,17H,2-7,9H2,1H3. The van der Waals surface area contributed by atoms with E-state index in [1.165, 1.54) is 19.3 Å². The average Bonchev–Trinajstić information content (AvgIpc) is 3.15. The van der Waals surface area contributed by atoms with Crippen LogP contribution in [0.2, 0.25) is 0 Å². The van der Waals surface area contributed by atoms with Gasteiger partial charge in [-0.1, -0.05) is 5.16 Å². The molecule has 1 aliphatic heterocycles. The van der Waals surface area contributed by atoms with Gasteiger partial charge < -0.3 is 9.84 Å². The van der Waals surface area contributed by atoms with Crippen molar-refractivity contribution in [1.82, 2.24) is 20.4 Å². The smallest absolute Gasteiger partial charge is 0.241 e. The predicted octanol–water partition coefficient (Wildman–Crippen LogP) is 3.38. The molecule has 0 bridgehead atoms. The van der Waals surface area contributed by atoms with Gasteiger partial charge in [-0.25, -0.2) is 0 Å². The van der Waals surface area contributed by atoms with E-state index in [-0.39, 0.29) is 0 Å². The van der Waals surface area contributed by atoms with Crippen LogP contribution in [0.1, 0.15) is 25.2 Å². The van der Waals surface area contributed by atoms with E-state index in [0.717, 1.165) is 41.4 Å². The van der Waals surface area contributed by atoms with Gasteiger partial charge in [-0.3, -0.25) is 4.90 Å². The average molecular weight is 385 g/mol. The lowest BCUT2D eigenvalue weighted by molar-refractivity contribution is 0.155. The molecule has 22 heavy (non-hydrogen) atoms. The third-order valence-electron chi connectivity index (χ3n) is 4.12. The Morgan fingerprint density at radius 1 is 1.45 bits per heavy atom. The second-order valence-electron chi connectivity index (χ2n) is 5.75. The highest BCUT2D eigenvalue weighted by Crippen LogP contribution is 2.28. The van der Waals surface area contributed by atoms with Gasteiger partial charge in [0.15, 0.2) is 0 Å². The number of halogens is 1. The van der Waals surface area contributed by atoms with Crippen molar-refractivity contribution in [1.29, 1.82) is 0 Å². The number of piperidine rings is 1. The van der Waals surface area contributed by atoms with Crippen molar-refractivity contribution in [3.63, 3.8) is 0 Å². The van der Waals surface area contributed by atoms with E-state index in [0.29, 0.717) is 11.7 Å². The summed E-state index contributed by atoms with van der Waals surface area (Å²) in [5, 5.41) is 9.36. The minimum absolute atomic E-state index is 0.689. The molecule has 7 heteroatoms. The van der Waals surface area contributed by atoms with Crippen LogP contribution in [0.15, 0.2) is 20.4 Å². The number of aromatic nitrogens is 2. The van der Waals surface area contributed by atoms with E-state index in [9.17, 15) is 0 Å². The van der Waals surface area contributed by atoms with Crippen LogP contribution in [0.5, 0.6) is 0 Å². The highest BCUT2D eigenvalue weighted by molar-refractivity contribution is 9.10. The van der Waals surface area contributed by atoms with Crippen molar-refractivity contribution in [2.75, 3.05) is 26.7 Å². The number of hydrogen-bond donors (Lipinski definition) is 1. The van der Waals surface area contributed by atoms with Gasteiger partial charge in [0, 0.05) is 9.85 Å². The van der Waals surface area contributed by atoms with Crippen LogP contribution >= 0.6 is 27.3 Å². The second kappa shape index (κ2) is 7.68. The zero-order valence-corrected chi connectivity index (χ0v) is 15.1. The zero-order valence-electron chi connectivity index (χ0n) is 12.7. The maximum absolute atomic E-state index is 5.40. The van der Waals surface area contributed by atoms with Crippen LogP contribution in [-0.4, -0.2) is 41.7 Å². The minimum Gasteiger partial charge on any atom is -0.338 e. The molecule has 1 fully saturated rings. The van der Waals surface area contributed by atoms with Crippen molar-refractivity contribution in [2.45, 2.75) is 25.8 Å². The van der Waals surface area contributed by atoms with Gasteiger partial charge >= 0.3 is 0 Å². The highest BCUT2D eigenvalue weighted by atomic mass is 79.9. The maximum Gasteiger partial charge on any atom is 0.241 e. The minimum atomic E-state index is 0.689. The van der Waals surface area contributed by atoms with E-state index in [1.54, 1.807) is 11.3 Å². The molecule has 0 spiro atoms. The molecule has 3 rings (SSSR count). The number of rotatable bonds is 6. The van der Waals surface area contributed by atoms with E-state index in [4.69, 9.17) is 4.52 Å². The normalized spacial score (nSPS) is 17.2. The fourth-order valence-electron chi connectivity index (χ4n) is 2.82. The lowest BCUT2D eigenvalue weighted by Gasteiger charge is -2.30. The first-order valence-electron chi connectivity index (χ1n) is 7.68. The molecule has 1 aliphatic rings. The molecule has 3 heterocycles. The third kappa shape index (κ3) is 4.16. The van der Waals surface area contributed by atoms with Crippen molar-refractivity contribution >= 4 is 27.3 Å². The number of thiophene rings is 1. The van der Waals surface area contributed by atoms with Crippen molar-refractivity contribution < 1.29 is 4.52 Å². The molecule has 1 saturated heterocycles. The fraction of sp³-hybridized carbons (Fsp3) is 0.600.